The van der Waals surface area contributed by atoms with Crippen LogP contribution in [0.3, 0.4) is 0 Å². The average Bonchev–Trinajstić information content (AvgIpc) is 2.15. The Morgan fingerprint density at radius 2 is 1.85 bits per heavy atom. The number of benzene rings is 1. The normalized spacial score (nSPS) is 9.77. The van der Waals surface area contributed by atoms with Crippen molar-refractivity contribution in [3.8, 4) is 5.75 Å². The lowest BCUT2D eigenvalue weighted by molar-refractivity contribution is 0.345. The average molecular weight is 245 g/mol. The molecule has 0 aliphatic rings. The largest absolute Gasteiger partial charge is 0.493 e. The van der Waals surface area contributed by atoms with Crippen molar-refractivity contribution in [2.24, 2.45) is 0 Å². The van der Waals surface area contributed by atoms with Gasteiger partial charge in [0, 0.05) is 5.33 Å². The first kappa shape index (κ1) is 10.6. The standard InChI is InChI=1S/C8H10BBrO3/c10-5-6-13-8-3-1-7(2-4-8)9(11)12/h1-4,11-12H,5-6H2. The second-order valence-electron chi connectivity index (χ2n) is 2.48. The lowest BCUT2D eigenvalue weighted by Crippen LogP contribution is -2.29. The zero-order valence-electron chi connectivity index (χ0n) is 6.98. The van der Waals surface area contributed by atoms with E-state index in [-0.39, 0.29) is 0 Å². The van der Waals surface area contributed by atoms with Gasteiger partial charge in [0.2, 0.25) is 0 Å². The van der Waals surface area contributed by atoms with E-state index in [1.54, 1.807) is 24.3 Å². The molecule has 0 spiro atoms. The summed E-state index contributed by atoms with van der Waals surface area (Å²) in [5.74, 6) is 0.726. The molecular formula is C8H10BBrO3. The number of hydrogen-bond acceptors (Lipinski definition) is 3. The number of halogens is 1. The molecule has 2 N–H and O–H groups in total. The fraction of sp³-hybridized carbons (Fsp3) is 0.250. The summed E-state index contributed by atoms with van der Waals surface area (Å²) in [5.41, 5.74) is 0.464. The van der Waals surface area contributed by atoms with Crippen LogP contribution in [-0.4, -0.2) is 29.1 Å². The summed E-state index contributed by atoms with van der Waals surface area (Å²) in [4.78, 5) is 0. The molecule has 0 saturated carbocycles. The van der Waals surface area contributed by atoms with Gasteiger partial charge in [0.15, 0.2) is 0 Å². The highest BCUT2D eigenvalue weighted by molar-refractivity contribution is 9.09. The van der Waals surface area contributed by atoms with Gasteiger partial charge in [-0.3, -0.25) is 0 Å². The predicted octanol–water partition coefficient (Wildman–Crippen LogP) is 0.140. The zero-order chi connectivity index (χ0) is 9.68. The molecule has 1 aromatic carbocycles. The van der Waals surface area contributed by atoms with E-state index in [0.29, 0.717) is 12.1 Å². The lowest BCUT2D eigenvalue weighted by Gasteiger charge is -2.04. The van der Waals surface area contributed by atoms with Gasteiger partial charge >= 0.3 is 7.12 Å². The smallest absolute Gasteiger partial charge is 0.488 e. The first-order chi connectivity index (χ1) is 6.24. The highest BCUT2D eigenvalue weighted by Crippen LogP contribution is 2.07. The Labute approximate surface area is 85.6 Å². The van der Waals surface area contributed by atoms with Crippen LogP contribution in [0, 0.1) is 0 Å². The van der Waals surface area contributed by atoms with Crippen LogP contribution in [0.15, 0.2) is 24.3 Å². The van der Waals surface area contributed by atoms with Gasteiger partial charge in [-0.25, -0.2) is 0 Å². The molecule has 0 aliphatic carbocycles. The molecule has 0 fully saturated rings. The van der Waals surface area contributed by atoms with Crippen molar-refractivity contribution in [3.63, 3.8) is 0 Å². The van der Waals surface area contributed by atoms with Gasteiger partial charge in [0.25, 0.3) is 0 Å². The zero-order valence-corrected chi connectivity index (χ0v) is 8.57. The molecule has 0 aromatic heterocycles. The maximum atomic E-state index is 8.80. The van der Waals surface area contributed by atoms with Crippen molar-refractivity contribution in [1.82, 2.24) is 0 Å². The molecule has 0 atom stereocenters. The number of alkyl halides is 1. The quantitative estimate of drug-likeness (QED) is 0.585. The maximum absolute atomic E-state index is 8.80. The summed E-state index contributed by atoms with van der Waals surface area (Å²) in [6, 6.07) is 6.65. The van der Waals surface area contributed by atoms with Gasteiger partial charge < -0.3 is 14.8 Å². The first-order valence-electron chi connectivity index (χ1n) is 3.89. The molecule has 0 saturated heterocycles. The predicted molar refractivity (Wildman–Crippen MR) is 55.6 cm³/mol. The van der Waals surface area contributed by atoms with Crippen LogP contribution in [0.5, 0.6) is 5.75 Å². The van der Waals surface area contributed by atoms with Crippen molar-refractivity contribution in [3.05, 3.63) is 24.3 Å². The van der Waals surface area contributed by atoms with Crippen molar-refractivity contribution in [2.75, 3.05) is 11.9 Å². The van der Waals surface area contributed by atoms with E-state index in [4.69, 9.17) is 14.8 Å². The molecule has 13 heavy (non-hydrogen) atoms. The second-order valence-corrected chi connectivity index (χ2v) is 3.27. The van der Waals surface area contributed by atoms with E-state index >= 15 is 0 Å². The van der Waals surface area contributed by atoms with Gasteiger partial charge in [0.1, 0.15) is 5.75 Å². The lowest BCUT2D eigenvalue weighted by atomic mass is 9.80. The molecule has 0 amide bonds. The molecule has 70 valence electrons. The van der Waals surface area contributed by atoms with Gasteiger partial charge in [-0.15, -0.1) is 0 Å². The molecule has 0 unspecified atom stereocenters. The minimum Gasteiger partial charge on any atom is -0.493 e. The van der Waals surface area contributed by atoms with E-state index in [0.717, 1.165) is 11.1 Å². The van der Waals surface area contributed by atoms with Crippen molar-refractivity contribution in [1.29, 1.82) is 0 Å². The third kappa shape index (κ3) is 3.38. The summed E-state index contributed by atoms with van der Waals surface area (Å²) in [5, 5.41) is 18.4. The Kier molecular flexibility index (Phi) is 4.28. The molecule has 0 radical (unpaired) electrons. The molecule has 1 aromatic rings. The summed E-state index contributed by atoms with van der Waals surface area (Å²) in [7, 11) is -1.41. The maximum Gasteiger partial charge on any atom is 0.488 e. The Morgan fingerprint density at radius 1 is 1.23 bits per heavy atom. The van der Waals surface area contributed by atoms with E-state index in [1.165, 1.54) is 0 Å². The Morgan fingerprint density at radius 3 is 2.31 bits per heavy atom. The number of rotatable bonds is 4. The van der Waals surface area contributed by atoms with Crippen molar-refractivity contribution in [2.45, 2.75) is 0 Å². The Balaban J connectivity index is 2.59. The van der Waals surface area contributed by atoms with Crippen LogP contribution in [0.25, 0.3) is 0 Å². The van der Waals surface area contributed by atoms with E-state index in [2.05, 4.69) is 15.9 Å². The van der Waals surface area contributed by atoms with Gasteiger partial charge in [-0.05, 0) is 17.6 Å². The molecular weight excluding hydrogens is 235 g/mol. The van der Waals surface area contributed by atoms with Crippen LogP contribution < -0.4 is 10.2 Å². The first-order valence-corrected chi connectivity index (χ1v) is 5.01. The van der Waals surface area contributed by atoms with Crippen molar-refractivity contribution < 1.29 is 14.8 Å². The van der Waals surface area contributed by atoms with E-state index in [1.807, 2.05) is 0 Å². The minimum atomic E-state index is -1.41. The second kappa shape index (κ2) is 5.27. The molecule has 0 bridgehead atoms. The summed E-state index contributed by atoms with van der Waals surface area (Å²) < 4.78 is 5.28. The van der Waals surface area contributed by atoms with Crippen LogP contribution in [0.2, 0.25) is 0 Å². The molecule has 0 aliphatic heterocycles. The highest BCUT2D eigenvalue weighted by atomic mass is 79.9. The third-order valence-electron chi connectivity index (χ3n) is 1.52. The number of ether oxygens (including phenoxy) is 1. The fourth-order valence-electron chi connectivity index (χ4n) is 0.893. The molecule has 0 heterocycles. The molecule has 3 nitrogen and oxygen atoms in total. The number of hydrogen-bond donors (Lipinski definition) is 2. The summed E-state index contributed by atoms with van der Waals surface area (Å²) in [6.07, 6.45) is 0. The van der Waals surface area contributed by atoms with Gasteiger partial charge in [-0.2, -0.15) is 0 Å². The molecule has 5 heteroatoms. The topological polar surface area (TPSA) is 49.7 Å². The third-order valence-corrected chi connectivity index (χ3v) is 1.85. The highest BCUT2D eigenvalue weighted by Gasteiger charge is 2.09. The SMILES string of the molecule is OB(O)c1ccc(OCCBr)cc1. The van der Waals surface area contributed by atoms with E-state index in [9.17, 15) is 0 Å². The van der Waals surface area contributed by atoms with Crippen LogP contribution in [0.1, 0.15) is 0 Å². The van der Waals surface area contributed by atoms with Crippen LogP contribution >= 0.6 is 15.9 Å². The summed E-state index contributed by atoms with van der Waals surface area (Å²) >= 11 is 3.24. The van der Waals surface area contributed by atoms with Gasteiger partial charge in [-0.1, -0.05) is 28.1 Å². The van der Waals surface area contributed by atoms with Crippen molar-refractivity contribution >= 4 is 28.5 Å². The Hall–Kier alpha value is -0.515. The van der Waals surface area contributed by atoms with Crippen LogP contribution in [0.4, 0.5) is 0 Å². The summed E-state index contributed by atoms with van der Waals surface area (Å²) in [6.45, 7) is 0.598. The van der Waals surface area contributed by atoms with E-state index < -0.39 is 7.12 Å². The Bertz CT molecular complexity index is 250. The van der Waals surface area contributed by atoms with Gasteiger partial charge in [0.05, 0.1) is 6.61 Å². The van der Waals surface area contributed by atoms with Crippen LogP contribution in [-0.2, 0) is 0 Å². The minimum absolute atomic E-state index is 0.464. The monoisotopic (exact) mass is 244 g/mol. The molecule has 1 rings (SSSR count). The fourth-order valence-corrected chi connectivity index (χ4v) is 1.05.